The van der Waals surface area contributed by atoms with Crippen LogP contribution in [0.5, 0.6) is 0 Å². The Labute approximate surface area is 99.5 Å². The molecule has 0 spiro atoms. The molecule has 6 heteroatoms. The van der Waals surface area contributed by atoms with E-state index in [9.17, 15) is 0 Å². The zero-order valence-electron chi connectivity index (χ0n) is 9.48. The summed E-state index contributed by atoms with van der Waals surface area (Å²) in [7, 11) is 1.88. The van der Waals surface area contributed by atoms with E-state index >= 15 is 0 Å². The lowest BCUT2D eigenvalue weighted by Gasteiger charge is -2.24. The van der Waals surface area contributed by atoms with Gasteiger partial charge in [-0.15, -0.1) is 0 Å². The van der Waals surface area contributed by atoms with Gasteiger partial charge < -0.3 is 15.8 Å². The van der Waals surface area contributed by atoms with Gasteiger partial charge in [-0.1, -0.05) is 16.8 Å². The number of oxime groups is 1. The van der Waals surface area contributed by atoms with Gasteiger partial charge in [-0.3, -0.25) is 0 Å². The molecular weight excluding hydrogens is 228 g/mol. The number of hydrogen-bond acceptors (Lipinski definition) is 4. The monoisotopic (exact) mass is 242 g/mol. The first-order chi connectivity index (χ1) is 7.49. The van der Waals surface area contributed by atoms with Gasteiger partial charge >= 0.3 is 0 Å². The zero-order valence-corrected chi connectivity index (χ0v) is 10.2. The van der Waals surface area contributed by atoms with Gasteiger partial charge in [0.1, 0.15) is 5.82 Å². The van der Waals surface area contributed by atoms with Crippen molar-refractivity contribution in [3.8, 4) is 0 Å². The summed E-state index contributed by atoms with van der Waals surface area (Å²) < 4.78 is 0. The van der Waals surface area contributed by atoms with Crippen molar-refractivity contribution in [1.29, 1.82) is 0 Å². The number of halogens is 1. The Morgan fingerprint density at radius 2 is 2.25 bits per heavy atom. The lowest BCUT2D eigenvalue weighted by atomic mass is 10.2. The molecule has 1 rings (SSSR count). The summed E-state index contributed by atoms with van der Waals surface area (Å²) in [6, 6.07) is 1.86. The molecule has 0 aliphatic carbocycles. The van der Waals surface area contributed by atoms with Gasteiger partial charge in [0.05, 0.1) is 5.02 Å². The summed E-state index contributed by atoms with van der Waals surface area (Å²) in [5, 5.41) is 11.9. The van der Waals surface area contributed by atoms with Gasteiger partial charge in [0.2, 0.25) is 0 Å². The predicted molar refractivity (Wildman–Crippen MR) is 65.3 cm³/mol. The van der Waals surface area contributed by atoms with Gasteiger partial charge in [-0.25, -0.2) is 4.98 Å². The highest BCUT2D eigenvalue weighted by molar-refractivity contribution is 6.36. The Bertz CT molecular complexity index is 406. The van der Waals surface area contributed by atoms with Crippen LogP contribution in [0.4, 0.5) is 5.82 Å². The minimum Gasteiger partial charge on any atom is -0.409 e. The summed E-state index contributed by atoms with van der Waals surface area (Å²) in [4.78, 5) is 6.09. The van der Waals surface area contributed by atoms with E-state index in [4.69, 9.17) is 22.5 Å². The van der Waals surface area contributed by atoms with Crippen molar-refractivity contribution in [1.82, 2.24) is 4.98 Å². The first-order valence-corrected chi connectivity index (χ1v) is 5.22. The third kappa shape index (κ3) is 2.36. The summed E-state index contributed by atoms with van der Waals surface area (Å²) in [6.07, 6.45) is 1.58. The summed E-state index contributed by atoms with van der Waals surface area (Å²) in [6.45, 7) is 4.04. The average molecular weight is 243 g/mol. The largest absolute Gasteiger partial charge is 0.409 e. The number of amidine groups is 1. The van der Waals surface area contributed by atoms with Crippen LogP contribution in [0.3, 0.4) is 0 Å². The highest BCUT2D eigenvalue weighted by Gasteiger charge is 2.15. The molecule has 0 unspecified atom stereocenters. The second-order valence-corrected chi connectivity index (χ2v) is 4.06. The predicted octanol–water partition coefficient (Wildman–Crippen LogP) is 1.67. The number of hydrogen-bond donors (Lipinski definition) is 2. The lowest BCUT2D eigenvalue weighted by molar-refractivity contribution is 0.318. The lowest BCUT2D eigenvalue weighted by Crippen LogP contribution is -2.27. The van der Waals surface area contributed by atoms with Crippen LogP contribution in [0.1, 0.15) is 19.4 Å². The second kappa shape index (κ2) is 5.03. The van der Waals surface area contributed by atoms with E-state index < -0.39 is 0 Å². The number of rotatable bonds is 3. The first-order valence-electron chi connectivity index (χ1n) is 4.84. The van der Waals surface area contributed by atoms with Gasteiger partial charge in [0, 0.05) is 24.8 Å². The van der Waals surface area contributed by atoms with E-state index in [0.717, 1.165) is 0 Å². The normalized spacial score (nSPS) is 11.9. The SMILES string of the molecule is CC(C)N(C)c1nccc(/C(N)=N/O)c1Cl. The molecule has 88 valence electrons. The molecular formula is C10H15ClN4O. The van der Waals surface area contributed by atoms with Crippen LogP contribution in [0.25, 0.3) is 0 Å². The fourth-order valence-electron chi connectivity index (χ4n) is 1.17. The molecule has 0 aromatic carbocycles. The molecule has 1 aromatic heterocycles. The Morgan fingerprint density at radius 3 is 2.75 bits per heavy atom. The molecule has 1 heterocycles. The minimum atomic E-state index is -0.0224. The molecule has 5 nitrogen and oxygen atoms in total. The van der Waals surface area contributed by atoms with Crippen LogP contribution in [0.15, 0.2) is 17.4 Å². The van der Waals surface area contributed by atoms with E-state index in [0.29, 0.717) is 16.4 Å². The third-order valence-electron chi connectivity index (χ3n) is 2.36. The minimum absolute atomic E-state index is 0.0224. The van der Waals surface area contributed by atoms with Crippen molar-refractivity contribution in [3.63, 3.8) is 0 Å². The Morgan fingerprint density at radius 1 is 1.62 bits per heavy atom. The van der Waals surface area contributed by atoms with Crippen LogP contribution in [0.2, 0.25) is 5.02 Å². The molecule has 16 heavy (non-hydrogen) atoms. The fourth-order valence-corrected chi connectivity index (χ4v) is 1.52. The van der Waals surface area contributed by atoms with Crippen molar-refractivity contribution in [2.75, 3.05) is 11.9 Å². The number of nitrogens with two attached hydrogens (primary N) is 1. The van der Waals surface area contributed by atoms with Crippen molar-refractivity contribution >= 4 is 23.3 Å². The molecule has 0 radical (unpaired) electrons. The Balaban J connectivity index is 3.24. The molecule has 0 saturated heterocycles. The second-order valence-electron chi connectivity index (χ2n) is 3.69. The summed E-state index contributed by atoms with van der Waals surface area (Å²) in [5.74, 6) is 0.589. The summed E-state index contributed by atoms with van der Waals surface area (Å²) in [5.41, 5.74) is 5.98. The maximum absolute atomic E-state index is 8.62. The molecule has 0 saturated carbocycles. The van der Waals surface area contributed by atoms with E-state index in [1.807, 2.05) is 25.8 Å². The van der Waals surface area contributed by atoms with Gasteiger partial charge in [-0.05, 0) is 19.9 Å². The maximum atomic E-state index is 8.62. The highest BCUT2D eigenvalue weighted by atomic mass is 35.5. The number of anilines is 1. The van der Waals surface area contributed by atoms with Crippen LogP contribution >= 0.6 is 11.6 Å². The Hall–Kier alpha value is -1.49. The van der Waals surface area contributed by atoms with E-state index in [1.165, 1.54) is 0 Å². The molecule has 0 atom stereocenters. The molecule has 0 amide bonds. The Kier molecular flexibility index (Phi) is 3.95. The van der Waals surface area contributed by atoms with E-state index in [2.05, 4.69) is 10.1 Å². The smallest absolute Gasteiger partial charge is 0.171 e. The molecule has 0 fully saturated rings. The number of aromatic nitrogens is 1. The van der Waals surface area contributed by atoms with Crippen LogP contribution in [-0.2, 0) is 0 Å². The van der Waals surface area contributed by atoms with Crippen LogP contribution in [0, 0.1) is 0 Å². The number of pyridine rings is 1. The molecule has 1 aromatic rings. The van der Waals surface area contributed by atoms with E-state index in [-0.39, 0.29) is 11.9 Å². The molecule has 0 bridgehead atoms. The van der Waals surface area contributed by atoms with Crippen molar-refractivity contribution in [2.24, 2.45) is 10.9 Å². The third-order valence-corrected chi connectivity index (χ3v) is 2.74. The van der Waals surface area contributed by atoms with E-state index in [1.54, 1.807) is 12.3 Å². The van der Waals surface area contributed by atoms with Crippen LogP contribution < -0.4 is 10.6 Å². The van der Waals surface area contributed by atoms with Gasteiger partial charge in [0.15, 0.2) is 5.84 Å². The van der Waals surface area contributed by atoms with Gasteiger partial charge in [0.25, 0.3) is 0 Å². The standard InChI is InChI=1S/C10H15ClN4O/c1-6(2)15(3)10-8(11)7(4-5-13-10)9(12)14-16/h4-6,16H,1-3H3,(H2,12,14). The average Bonchev–Trinajstić information content (AvgIpc) is 2.27. The van der Waals surface area contributed by atoms with Gasteiger partial charge in [-0.2, -0.15) is 0 Å². The first kappa shape index (κ1) is 12.6. The quantitative estimate of drug-likeness (QED) is 0.366. The molecule has 0 aliphatic rings. The molecule has 0 aliphatic heterocycles. The summed E-state index contributed by atoms with van der Waals surface area (Å²) >= 11 is 6.15. The van der Waals surface area contributed by atoms with Crippen molar-refractivity contribution in [3.05, 3.63) is 22.8 Å². The van der Waals surface area contributed by atoms with Crippen LogP contribution in [-0.4, -0.2) is 29.1 Å². The topological polar surface area (TPSA) is 74.7 Å². The van der Waals surface area contributed by atoms with Crippen molar-refractivity contribution in [2.45, 2.75) is 19.9 Å². The maximum Gasteiger partial charge on any atom is 0.171 e. The van der Waals surface area contributed by atoms with Crippen molar-refractivity contribution < 1.29 is 5.21 Å². The fraction of sp³-hybridized carbons (Fsp3) is 0.400. The molecule has 3 N–H and O–H groups in total. The number of nitrogens with zero attached hydrogens (tertiary/aromatic N) is 3. The highest BCUT2D eigenvalue weighted by Crippen LogP contribution is 2.26. The zero-order chi connectivity index (χ0) is 12.3.